The molecule has 3 heterocycles. The first-order valence-electron chi connectivity index (χ1n) is 10.5. The van der Waals surface area contributed by atoms with Crippen molar-refractivity contribution in [3.05, 3.63) is 73.0 Å². The lowest BCUT2D eigenvalue weighted by atomic mass is 10.2. The summed E-state index contributed by atoms with van der Waals surface area (Å²) in [6.07, 6.45) is 1.37. The molecule has 1 atom stereocenters. The predicted octanol–water partition coefficient (Wildman–Crippen LogP) is 3.92. The molecule has 33 heavy (non-hydrogen) atoms. The van der Waals surface area contributed by atoms with Crippen molar-refractivity contribution in [2.45, 2.75) is 11.3 Å². The van der Waals surface area contributed by atoms with E-state index in [1.807, 2.05) is 65.2 Å². The van der Waals surface area contributed by atoms with Gasteiger partial charge in [0.15, 0.2) is 28.5 Å². The average molecular weight is 463 g/mol. The van der Waals surface area contributed by atoms with Gasteiger partial charge in [-0.1, -0.05) is 42.1 Å². The Hall–Kier alpha value is -3.72. The van der Waals surface area contributed by atoms with Crippen molar-refractivity contribution in [1.82, 2.24) is 19.7 Å². The van der Waals surface area contributed by atoms with Gasteiger partial charge in [0.25, 0.3) is 0 Å². The van der Waals surface area contributed by atoms with E-state index in [0.29, 0.717) is 35.6 Å². The molecule has 0 unspecified atom stereocenters. The second-order valence-corrected chi connectivity index (χ2v) is 8.46. The van der Waals surface area contributed by atoms with E-state index in [1.54, 1.807) is 24.3 Å². The highest BCUT2D eigenvalue weighted by atomic mass is 32.2. The highest BCUT2D eigenvalue weighted by molar-refractivity contribution is 7.99. The molecule has 0 spiro atoms. The summed E-state index contributed by atoms with van der Waals surface area (Å²) in [6.45, 7) is 0.827. The first-order chi connectivity index (χ1) is 16.2. The van der Waals surface area contributed by atoms with Gasteiger partial charge in [-0.15, -0.1) is 10.2 Å². The highest BCUT2D eigenvalue weighted by Gasteiger charge is 2.25. The number of aromatic nitrogens is 3. The van der Waals surface area contributed by atoms with E-state index in [0.717, 1.165) is 11.4 Å². The minimum atomic E-state index is -0.225. The standard InChI is InChI=1S/C24H22N4O4S/c1-27(14-18-15-31-19-10-5-6-11-20(19)32-18)22(29)16-33-24-26-25-23(21-12-7-13-30-21)28(24)17-8-3-2-4-9-17/h2-13,18H,14-16H2,1H3/t18-/m1/s1. The molecule has 0 saturated carbocycles. The maximum absolute atomic E-state index is 12.9. The molecule has 0 bridgehead atoms. The summed E-state index contributed by atoms with van der Waals surface area (Å²) in [5.41, 5.74) is 0.892. The first kappa shape index (κ1) is 21.1. The molecule has 1 amide bonds. The Morgan fingerprint density at radius 1 is 1.06 bits per heavy atom. The summed E-state index contributed by atoms with van der Waals surface area (Å²) in [6, 6.07) is 20.9. The maximum Gasteiger partial charge on any atom is 0.232 e. The summed E-state index contributed by atoms with van der Waals surface area (Å²) in [7, 11) is 1.77. The fraction of sp³-hybridized carbons (Fsp3) is 0.208. The molecule has 168 valence electrons. The number of hydrogen-bond donors (Lipinski definition) is 0. The van der Waals surface area contributed by atoms with Crippen LogP contribution in [-0.2, 0) is 4.79 Å². The van der Waals surface area contributed by atoms with Gasteiger partial charge in [0, 0.05) is 12.7 Å². The quantitative estimate of drug-likeness (QED) is 0.385. The van der Waals surface area contributed by atoms with E-state index >= 15 is 0 Å². The summed E-state index contributed by atoms with van der Waals surface area (Å²) in [5, 5.41) is 9.24. The number of carbonyl (C=O) groups excluding carboxylic acids is 1. The summed E-state index contributed by atoms with van der Waals surface area (Å²) in [4.78, 5) is 14.5. The number of fused-ring (bicyclic) bond motifs is 1. The van der Waals surface area contributed by atoms with Crippen LogP contribution in [0.2, 0.25) is 0 Å². The van der Waals surface area contributed by atoms with E-state index < -0.39 is 0 Å². The van der Waals surface area contributed by atoms with Gasteiger partial charge in [-0.25, -0.2) is 0 Å². The van der Waals surface area contributed by atoms with Gasteiger partial charge in [-0.05, 0) is 36.4 Å². The lowest BCUT2D eigenvalue weighted by Gasteiger charge is -2.29. The van der Waals surface area contributed by atoms with Crippen molar-refractivity contribution in [1.29, 1.82) is 0 Å². The van der Waals surface area contributed by atoms with Crippen LogP contribution in [0.15, 0.2) is 82.6 Å². The molecule has 0 fully saturated rings. The normalized spacial score (nSPS) is 14.8. The van der Waals surface area contributed by atoms with Crippen molar-refractivity contribution in [3.8, 4) is 28.8 Å². The Balaban J connectivity index is 1.26. The van der Waals surface area contributed by atoms with Gasteiger partial charge in [-0.3, -0.25) is 9.36 Å². The number of likely N-dealkylation sites (N-methyl/N-ethyl adjacent to an activating group) is 1. The van der Waals surface area contributed by atoms with Crippen LogP contribution < -0.4 is 9.47 Å². The number of benzene rings is 2. The van der Waals surface area contributed by atoms with Gasteiger partial charge in [0.05, 0.1) is 18.6 Å². The smallest absolute Gasteiger partial charge is 0.232 e. The Labute approximate surface area is 195 Å². The third kappa shape index (κ3) is 4.58. The van der Waals surface area contributed by atoms with Gasteiger partial charge in [0.2, 0.25) is 11.7 Å². The molecule has 0 aliphatic carbocycles. The first-order valence-corrected chi connectivity index (χ1v) is 11.5. The van der Waals surface area contributed by atoms with E-state index in [1.165, 1.54) is 11.8 Å². The molecule has 5 rings (SSSR count). The zero-order valence-corrected chi connectivity index (χ0v) is 18.8. The number of thioether (sulfide) groups is 1. The van der Waals surface area contributed by atoms with Crippen LogP contribution in [-0.4, -0.2) is 57.6 Å². The predicted molar refractivity (Wildman–Crippen MR) is 124 cm³/mol. The molecule has 9 heteroatoms. The van der Waals surface area contributed by atoms with Crippen LogP contribution in [0.5, 0.6) is 11.5 Å². The topological polar surface area (TPSA) is 82.6 Å². The van der Waals surface area contributed by atoms with Crippen LogP contribution >= 0.6 is 11.8 Å². The second-order valence-electron chi connectivity index (χ2n) is 7.51. The Morgan fingerprint density at radius 3 is 2.64 bits per heavy atom. The van der Waals surface area contributed by atoms with Crippen LogP contribution in [0.25, 0.3) is 17.3 Å². The lowest BCUT2D eigenvalue weighted by molar-refractivity contribution is -0.128. The zero-order valence-electron chi connectivity index (χ0n) is 18.0. The number of hydrogen-bond acceptors (Lipinski definition) is 7. The number of ether oxygens (including phenoxy) is 2. The summed E-state index contributed by atoms with van der Waals surface area (Å²) < 4.78 is 19.2. The van der Waals surface area contributed by atoms with Gasteiger partial charge in [0.1, 0.15) is 6.61 Å². The van der Waals surface area contributed by atoms with Crippen molar-refractivity contribution < 1.29 is 18.7 Å². The molecule has 2 aromatic carbocycles. The van der Waals surface area contributed by atoms with Gasteiger partial charge < -0.3 is 18.8 Å². The third-order valence-electron chi connectivity index (χ3n) is 5.18. The third-order valence-corrected chi connectivity index (χ3v) is 6.10. The lowest BCUT2D eigenvalue weighted by Crippen LogP contribution is -2.42. The molecule has 8 nitrogen and oxygen atoms in total. The molecule has 0 radical (unpaired) electrons. The largest absolute Gasteiger partial charge is 0.486 e. The molecule has 0 saturated heterocycles. The monoisotopic (exact) mass is 462 g/mol. The fourth-order valence-electron chi connectivity index (χ4n) is 3.54. The summed E-state index contributed by atoms with van der Waals surface area (Å²) >= 11 is 1.33. The summed E-state index contributed by atoms with van der Waals surface area (Å²) in [5.74, 6) is 2.79. The number of carbonyl (C=O) groups is 1. The van der Waals surface area contributed by atoms with E-state index in [9.17, 15) is 4.79 Å². The molecule has 0 N–H and O–H groups in total. The van der Waals surface area contributed by atoms with Crippen molar-refractivity contribution in [3.63, 3.8) is 0 Å². The zero-order chi connectivity index (χ0) is 22.6. The number of furan rings is 1. The van der Waals surface area contributed by atoms with Crippen molar-refractivity contribution in [2.75, 3.05) is 26.0 Å². The van der Waals surface area contributed by atoms with Gasteiger partial charge >= 0.3 is 0 Å². The van der Waals surface area contributed by atoms with Gasteiger partial charge in [-0.2, -0.15) is 0 Å². The molecule has 2 aromatic heterocycles. The second kappa shape index (κ2) is 9.41. The van der Waals surface area contributed by atoms with Crippen LogP contribution in [0.4, 0.5) is 0 Å². The average Bonchev–Trinajstić information content (AvgIpc) is 3.53. The van der Waals surface area contributed by atoms with E-state index in [-0.39, 0.29) is 17.8 Å². The van der Waals surface area contributed by atoms with Crippen LogP contribution in [0.1, 0.15) is 0 Å². The molecular weight excluding hydrogens is 440 g/mol. The Kier molecular flexibility index (Phi) is 6.03. The highest BCUT2D eigenvalue weighted by Crippen LogP contribution is 2.31. The maximum atomic E-state index is 12.9. The van der Waals surface area contributed by atoms with Crippen LogP contribution in [0.3, 0.4) is 0 Å². The van der Waals surface area contributed by atoms with E-state index in [4.69, 9.17) is 13.9 Å². The minimum absolute atomic E-state index is 0.0374. The van der Waals surface area contributed by atoms with Crippen molar-refractivity contribution >= 4 is 17.7 Å². The molecule has 4 aromatic rings. The molecular formula is C24H22N4O4S. The fourth-order valence-corrected chi connectivity index (χ4v) is 4.43. The number of para-hydroxylation sites is 3. The SMILES string of the molecule is CN(C[C@@H]1COc2ccccc2O1)C(=O)CSc1nnc(-c2ccco2)n1-c1ccccc1. The van der Waals surface area contributed by atoms with E-state index in [2.05, 4.69) is 10.2 Å². The number of nitrogens with zero attached hydrogens (tertiary/aromatic N) is 4. The van der Waals surface area contributed by atoms with Crippen molar-refractivity contribution in [2.24, 2.45) is 0 Å². The minimum Gasteiger partial charge on any atom is -0.486 e. The van der Waals surface area contributed by atoms with Crippen LogP contribution in [0, 0.1) is 0 Å². The molecule has 1 aliphatic heterocycles. The number of amides is 1. The molecule has 1 aliphatic rings. The number of rotatable bonds is 7. The Bertz CT molecular complexity index is 1230. The Morgan fingerprint density at radius 2 is 1.85 bits per heavy atom.